The quantitative estimate of drug-likeness (QED) is 0.604. The molecular formula is C16H30N2O3. The van der Waals surface area contributed by atoms with E-state index in [1.165, 1.54) is 52.4 Å². The molecule has 0 aromatic carbocycles. The molecule has 2 fully saturated rings. The Labute approximate surface area is 128 Å². The summed E-state index contributed by atoms with van der Waals surface area (Å²) < 4.78 is 10.5. The van der Waals surface area contributed by atoms with E-state index in [2.05, 4.69) is 9.80 Å². The van der Waals surface area contributed by atoms with Gasteiger partial charge in [-0.25, -0.2) is 0 Å². The fraction of sp³-hybridized carbons (Fsp3) is 0.938. The van der Waals surface area contributed by atoms with Crippen LogP contribution < -0.4 is 0 Å². The van der Waals surface area contributed by atoms with Crippen molar-refractivity contribution in [3.8, 4) is 0 Å². The van der Waals surface area contributed by atoms with E-state index in [9.17, 15) is 4.79 Å². The topological polar surface area (TPSA) is 42.0 Å². The van der Waals surface area contributed by atoms with Crippen LogP contribution in [0.5, 0.6) is 0 Å². The molecule has 0 saturated carbocycles. The van der Waals surface area contributed by atoms with Crippen LogP contribution in [0.1, 0.15) is 38.5 Å². The zero-order valence-corrected chi connectivity index (χ0v) is 13.4. The summed E-state index contributed by atoms with van der Waals surface area (Å²) in [4.78, 5) is 16.3. The summed E-state index contributed by atoms with van der Waals surface area (Å²) in [6, 6.07) is 0. The Balaban J connectivity index is 1.68. The van der Waals surface area contributed by atoms with Crippen LogP contribution in [-0.4, -0.2) is 74.9 Å². The normalized spacial score (nSPS) is 23.0. The lowest BCUT2D eigenvalue weighted by Crippen LogP contribution is -2.36. The van der Waals surface area contributed by atoms with Gasteiger partial charge in [-0.3, -0.25) is 4.79 Å². The van der Waals surface area contributed by atoms with Crippen molar-refractivity contribution in [2.24, 2.45) is 0 Å². The fourth-order valence-electron chi connectivity index (χ4n) is 3.25. The number of carbonyl (C=O) groups is 1. The number of ether oxygens (including phenoxy) is 2. The Morgan fingerprint density at radius 2 is 2.10 bits per heavy atom. The molecule has 21 heavy (non-hydrogen) atoms. The standard InChI is InChI=1S/C16H30N2O3/c1-20-16(19)7-12-18(14-15-6-4-13-21-15)11-5-10-17-8-2-3-9-17/h15H,2-14H2,1H3. The highest BCUT2D eigenvalue weighted by Gasteiger charge is 2.20. The van der Waals surface area contributed by atoms with Gasteiger partial charge in [0.2, 0.25) is 0 Å². The molecule has 122 valence electrons. The second-order valence-electron chi connectivity index (χ2n) is 6.16. The number of rotatable bonds is 9. The van der Waals surface area contributed by atoms with Crippen LogP contribution in [0.3, 0.4) is 0 Å². The summed E-state index contributed by atoms with van der Waals surface area (Å²) in [5, 5.41) is 0. The van der Waals surface area contributed by atoms with Gasteiger partial charge in [0.15, 0.2) is 0 Å². The van der Waals surface area contributed by atoms with E-state index in [0.717, 1.165) is 32.7 Å². The Hall–Kier alpha value is -0.650. The van der Waals surface area contributed by atoms with Crippen molar-refractivity contribution in [1.82, 2.24) is 9.80 Å². The van der Waals surface area contributed by atoms with Crippen LogP contribution in [0.25, 0.3) is 0 Å². The first kappa shape index (κ1) is 16.7. The molecular weight excluding hydrogens is 268 g/mol. The number of hydrogen-bond donors (Lipinski definition) is 0. The summed E-state index contributed by atoms with van der Waals surface area (Å²) in [6.45, 7) is 7.38. The molecule has 0 spiro atoms. The van der Waals surface area contributed by atoms with E-state index in [1.807, 2.05) is 0 Å². The molecule has 5 heteroatoms. The average molecular weight is 298 g/mol. The second-order valence-corrected chi connectivity index (χ2v) is 6.16. The molecule has 2 aliphatic heterocycles. The highest BCUT2D eigenvalue weighted by molar-refractivity contribution is 5.69. The zero-order chi connectivity index (χ0) is 14.9. The molecule has 5 nitrogen and oxygen atoms in total. The average Bonchev–Trinajstić information content (AvgIpc) is 3.17. The maximum atomic E-state index is 11.3. The van der Waals surface area contributed by atoms with E-state index in [1.54, 1.807) is 0 Å². The number of likely N-dealkylation sites (tertiary alicyclic amines) is 1. The van der Waals surface area contributed by atoms with Crippen LogP contribution in [0, 0.1) is 0 Å². The summed E-state index contributed by atoms with van der Waals surface area (Å²) in [5.41, 5.74) is 0. The molecule has 1 atom stereocenters. The zero-order valence-electron chi connectivity index (χ0n) is 13.4. The molecule has 0 bridgehead atoms. The van der Waals surface area contributed by atoms with Gasteiger partial charge in [-0.05, 0) is 58.3 Å². The molecule has 2 rings (SSSR count). The van der Waals surface area contributed by atoms with E-state index in [-0.39, 0.29) is 5.97 Å². The number of methoxy groups -OCH3 is 1. The van der Waals surface area contributed by atoms with Crippen LogP contribution in [0.15, 0.2) is 0 Å². The van der Waals surface area contributed by atoms with Gasteiger partial charge in [0, 0.05) is 19.7 Å². The third-order valence-electron chi connectivity index (χ3n) is 4.49. The lowest BCUT2D eigenvalue weighted by Gasteiger charge is -2.25. The first-order valence-corrected chi connectivity index (χ1v) is 8.41. The minimum Gasteiger partial charge on any atom is -0.469 e. The molecule has 0 aromatic heterocycles. The van der Waals surface area contributed by atoms with Crippen LogP contribution in [0.4, 0.5) is 0 Å². The molecule has 0 aromatic rings. The van der Waals surface area contributed by atoms with Gasteiger partial charge in [-0.1, -0.05) is 0 Å². The van der Waals surface area contributed by atoms with Crippen molar-refractivity contribution >= 4 is 5.97 Å². The highest BCUT2D eigenvalue weighted by Crippen LogP contribution is 2.14. The van der Waals surface area contributed by atoms with Crippen molar-refractivity contribution in [2.45, 2.75) is 44.6 Å². The van der Waals surface area contributed by atoms with Gasteiger partial charge in [-0.2, -0.15) is 0 Å². The second kappa shape index (κ2) is 9.38. The number of carbonyl (C=O) groups excluding carboxylic acids is 1. The highest BCUT2D eigenvalue weighted by atomic mass is 16.5. The monoisotopic (exact) mass is 298 g/mol. The van der Waals surface area contributed by atoms with E-state index >= 15 is 0 Å². The van der Waals surface area contributed by atoms with Gasteiger partial charge < -0.3 is 19.3 Å². The lowest BCUT2D eigenvalue weighted by molar-refractivity contribution is -0.141. The molecule has 0 aliphatic carbocycles. The van der Waals surface area contributed by atoms with Crippen molar-refractivity contribution < 1.29 is 14.3 Å². The van der Waals surface area contributed by atoms with Gasteiger partial charge >= 0.3 is 5.97 Å². The SMILES string of the molecule is COC(=O)CCN(CCCN1CCCC1)CC1CCCO1. The van der Waals surface area contributed by atoms with Crippen LogP contribution >= 0.6 is 0 Å². The minimum absolute atomic E-state index is 0.119. The number of hydrogen-bond acceptors (Lipinski definition) is 5. The predicted octanol–water partition coefficient (Wildman–Crippen LogP) is 1.52. The van der Waals surface area contributed by atoms with Crippen LogP contribution in [-0.2, 0) is 14.3 Å². The molecule has 1 unspecified atom stereocenters. The molecule has 2 aliphatic rings. The molecule has 2 saturated heterocycles. The fourth-order valence-corrected chi connectivity index (χ4v) is 3.25. The number of esters is 1. The lowest BCUT2D eigenvalue weighted by atomic mass is 10.2. The van der Waals surface area contributed by atoms with Gasteiger partial charge in [-0.15, -0.1) is 0 Å². The maximum Gasteiger partial charge on any atom is 0.306 e. The van der Waals surface area contributed by atoms with Crippen molar-refractivity contribution in [1.29, 1.82) is 0 Å². The van der Waals surface area contributed by atoms with Crippen molar-refractivity contribution in [3.05, 3.63) is 0 Å². The summed E-state index contributed by atoms with van der Waals surface area (Å²) in [7, 11) is 1.46. The molecule has 0 N–H and O–H groups in total. The first-order valence-electron chi connectivity index (χ1n) is 8.41. The summed E-state index contributed by atoms with van der Waals surface area (Å²) >= 11 is 0. The Morgan fingerprint density at radius 3 is 2.76 bits per heavy atom. The predicted molar refractivity (Wildman–Crippen MR) is 82.3 cm³/mol. The maximum absolute atomic E-state index is 11.3. The largest absolute Gasteiger partial charge is 0.469 e. The summed E-state index contributed by atoms with van der Waals surface area (Å²) in [6.07, 6.45) is 7.03. The smallest absolute Gasteiger partial charge is 0.306 e. The third-order valence-corrected chi connectivity index (χ3v) is 4.49. The Kier molecular flexibility index (Phi) is 7.47. The van der Waals surface area contributed by atoms with E-state index in [0.29, 0.717) is 12.5 Å². The van der Waals surface area contributed by atoms with E-state index in [4.69, 9.17) is 9.47 Å². The molecule has 0 amide bonds. The Bertz CT molecular complexity index is 300. The van der Waals surface area contributed by atoms with Crippen molar-refractivity contribution in [3.63, 3.8) is 0 Å². The van der Waals surface area contributed by atoms with Gasteiger partial charge in [0.05, 0.1) is 19.6 Å². The Morgan fingerprint density at radius 1 is 1.29 bits per heavy atom. The minimum atomic E-state index is -0.119. The van der Waals surface area contributed by atoms with Gasteiger partial charge in [0.1, 0.15) is 0 Å². The molecule has 2 heterocycles. The van der Waals surface area contributed by atoms with Crippen molar-refractivity contribution in [2.75, 3.05) is 53.0 Å². The van der Waals surface area contributed by atoms with Crippen LogP contribution in [0.2, 0.25) is 0 Å². The van der Waals surface area contributed by atoms with Gasteiger partial charge in [0.25, 0.3) is 0 Å². The summed E-state index contributed by atoms with van der Waals surface area (Å²) in [5.74, 6) is -0.119. The van der Waals surface area contributed by atoms with E-state index < -0.39 is 0 Å². The number of nitrogens with zero attached hydrogens (tertiary/aromatic N) is 2. The third kappa shape index (κ3) is 6.32. The molecule has 0 radical (unpaired) electrons. The first-order chi connectivity index (χ1) is 10.3.